The van der Waals surface area contributed by atoms with Gasteiger partial charge < -0.3 is 0 Å². The van der Waals surface area contributed by atoms with E-state index in [4.69, 9.17) is 0 Å². The predicted molar refractivity (Wildman–Crippen MR) is 98.3 cm³/mol. The van der Waals surface area contributed by atoms with E-state index < -0.39 is 10.0 Å². The van der Waals surface area contributed by atoms with Crippen LogP contribution >= 0.6 is 0 Å². The standard InChI is InChI=1S/C19H20N2O2S/c1-14(16-9-5-3-6-10-16)13-20-19-15(2)18(24(22,23)21-19)17-11-7-4-8-12-17/h3-12,14H,13H2,1-2H3,(H,20,21)/t14-/m1/s1. The molecule has 2 aromatic rings. The van der Waals surface area contributed by atoms with Crippen LogP contribution in [0, 0.1) is 0 Å². The lowest BCUT2D eigenvalue weighted by atomic mass is 10.0. The van der Waals surface area contributed by atoms with Crippen molar-refractivity contribution in [2.24, 2.45) is 4.99 Å². The number of hydrogen-bond donors (Lipinski definition) is 1. The molecule has 124 valence electrons. The van der Waals surface area contributed by atoms with Gasteiger partial charge in [0.05, 0.1) is 0 Å². The third kappa shape index (κ3) is 3.26. The second-order valence-corrected chi connectivity index (χ2v) is 7.55. The molecule has 2 aromatic carbocycles. The number of nitrogens with one attached hydrogen (secondary N) is 1. The number of amidine groups is 1. The summed E-state index contributed by atoms with van der Waals surface area (Å²) in [5.41, 5.74) is 2.54. The molecule has 1 aliphatic rings. The summed E-state index contributed by atoms with van der Waals surface area (Å²) in [6.45, 7) is 4.41. The molecule has 1 heterocycles. The van der Waals surface area contributed by atoms with Gasteiger partial charge in [-0.25, -0.2) is 8.42 Å². The highest BCUT2D eigenvalue weighted by Gasteiger charge is 2.32. The lowest BCUT2D eigenvalue weighted by molar-refractivity contribution is 0.603. The summed E-state index contributed by atoms with van der Waals surface area (Å²) in [6, 6.07) is 19.2. The number of rotatable bonds is 4. The van der Waals surface area contributed by atoms with Gasteiger partial charge in [-0.3, -0.25) is 9.71 Å². The van der Waals surface area contributed by atoms with E-state index in [2.05, 4.69) is 28.8 Å². The Kier molecular flexibility index (Phi) is 4.53. The smallest absolute Gasteiger partial charge is 0.264 e. The molecule has 0 radical (unpaired) electrons. The van der Waals surface area contributed by atoms with Crippen molar-refractivity contribution >= 4 is 20.8 Å². The molecule has 0 unspecified atom stereocenters. The van der Waals surface area contributed by atoms with Crippen LogP contribution in [-0.4, -0.2) is 20.8 Å². The first-order chi connectivity index (χ1) is 11.5. The molecule has 0 aromatic heterocycles. The van der Waals surface area contributed by atoms with E-state index in [1.165, 1.54) is 5.56 Å². The van der Waals surface area contributed by atoms with Crippen LogP contribution in [0.25, 0.3) is 4.91 Å². The Balaban J connectivity index is 1.89. The van der Waals surface area contributed by atoms with Gasteiger partial charge in [0.1, 0.15) is 10.7 Å². The van der Waals surface area contributed by atoms with Gasteiger partial charge in [-0.05, 0) is 18.1 Å². The fourth-order valence-corrected chi connectivity index (χ4v) is 4.31. The van der Waals surface area contributed by atoms with Gasteiger partial charge in [0.15, 0.2) is 0 Å². The van der Waals surface area contributed by atoms with Gasteiger partial charge in [-0.15, -0.1) is 0 Å². The van der Waals surface area contributed by atoms with E-state index in [1.807, 2.05) is 36.4 Å². The van der Waals surface area contributed by atoms with Crippen LogP contribution in [0.1, 0.15) is 30.9 Å². The second-order valence-electron chi connectivity index (χ2n) is 5.93. The van der Waals surface area contributed by atoms with Crippen molar-refractivity contribution in [3.8, 4) is 0 Å². The monoisotopic (exact) mass is 340 g/mol. The van der Waals surface area contributed by atoms with Crippen molar-refractivity contribution in [3.63, 3.8) is 0 Å². The maximum absolute atomic E-state index is 12.4. The van der Waals surface area contributed by atoms with Crippen LogP contribution in [0.3, 0.4) is 0 Å². The molecule has 0 saturated heterocycles. The van der Waals surface area contributed by atoms with Crippen LogP contribution in [-0.2, 0) is 10.0 Å². The van der Waals surface area contributed by atoms with Crippen molar-refractivity contribution in [1.82, 2.24) is 4.72 Å². The molecule has 0 saturated carbocycles. The van der Waals surface area contributed by atoms with Crippen LogP contribution in [0.5, 0.6) is 0 Å². The zero-order chi connectivity index (χ0) is 17.2. The molecule has 3 rings (SSSR count). The van der Waals surface area contributed by atoms with Gasteiger partial charge in [-0.2, -0.15) is 0 Å². The molecule has 0 bridgehead atoms. The van der Waals surface area contributed by atoms with Crippen molar-refractivity contribution in [3.05, 3.63) is 77.4 Å². The SMILES string of the molecule is CC1=C(c2ccccc2)S(=O)(=O)NC1=NC[C@@H](C)c1ccccc1. The first-order valence-corrected chi connectivity index (χ1v) is 9.36. The van der Waals surface area contributed by atoms with E-state index in [0.29, 0.717) is 28.4 Å². The highest BCUT2D eigenvalue weighted by atomic mass is 32.2. The Bertz CT molecular complexity index is 885. The topological polar surface area (TPSA) is 58.5 Å². The summed E-state index contributed by atoms with van der Waals surface area (Å²) in [6.07, 6.45) is 0. The molecule has 1 atom stereocenters. The summed E-state index contributed by atoms with van der Waals surface area (Å²) < 4.78 is 27.5. The predicted octanol–water partition coefficient (Wildman–Crippen LogP) is 3.55. The molecular formula is C19H20N2O2S. The maximum atomic E-state index is 12.4. The van der Waals surface area contributed by atoms with Crippen molar-refractivity contribution in [2.75, 3.05) is 6.54 Å². The van der Waals surface area contributed by atoms with Gasteiger partial charge >= 0.3 is 0 Å². The van der Waals surface area contributed by atoms with Gasteiger partial charge in [0.25, 0.3) is 10.0 Å². The van der Waals surface area contributed by atoms with Crippen molar-refractivity contribution < 1.29 is 8.42 Å². The average molecular weight is 340 g/mol. The third-order valence-electron chi connectivity index (χ3n) is 4.12. The fraction of sp³-hybridized carbons (Fsp3) is 0.211. The summed E-state index contributed by atoms with van der Waals surface area (Å²) in [5, 5.41) is 0. The first-order valence-electron chi connectivity index (χ1n) is 7.88. The Morgan fingerprint density at radius 2 is 1.58 bits per heavy atom. The lowest BCUT2D eigenvalue weighted by Gasteiger charge is -2.09. The van der Waals surface area contributed by atoms with Gasteiger partial charge in [0, 0.05) is 18.0 Å². The molecule has 0 fully saturated rings. The summed E-state index contributed by atoms with van der Waals surface area (Å²) in [7, 11) is -3.55. The van der Waals surface area contributed by atoms with E-state index >= 15 is 0 Å². The minimum absolute atomic E-state index is 0.219. The van der Waals surface area contributed by atoms with Crippen LogP contribution in [0.2, 0.25) is 0 Å². The Hall–Kier alpha value is -2.40. The van der Waals surface area contributed by atoms with E-state index in [9.17, 15) is 8.42 Å². The zero-order valence-corrected chi connectivity index (χ0v) is 14.5. The molecule has 0 aliphatic carbocycles. The molecule has 4 nitrogen and oxygen atoms in total. The number of aliphatic imine (C=N–C) groups is 1. The number of nitrogens with zero attached hydrogens (tertiary/aromatic N) is 1. The molecule has 24 heavy (non-hydrogen) atoms. The Labute approximate surface area is 143 Å². The molecular weight excluding hydrogens is 320 g/mol. The maximum Gasteiger partial charge on any atom is 0.264 e. The largest absolute Gasteiger partial charge is 0.267 e. The fourth-order valence-electron chi connectivity index (χ4n) is 2.79. The third-order valence-corrected chi connectivity index (χ3v) is 5.66. The summed E-state index contributed by atoms with van der Waals surface area (Å²) in [4.78, 5) is 4.83. The highest BCUT2D eigenvalue weighted by molar-refractivity contribution is 8.00. The van der Waals surface area contributed by atoms with E-state index in [0.717, 1.165) is 0 Å². The van der Waals surface area contributed by atoms with Gasteiger partial charge in [0.2, 0.25) is 0 Å². The zero-order valence-electron chi connectivity index (χ0n) is 13.7. The number of sulfonamides is 1. The molecule has 1 N–H and O–H groups in total. The van der Waals surface area contributed by atoms with Crippen LogP contribution in [0.15, 0.2) is 71.2 Å². The van der Waals surface area contributed by atoms with E-state index in [1.54, 1.807) is 19.1 Å². The first kappa shape index (κ1) is 16.5. The van der Waals surface area contributed by atoms with Gasteiger partial charge in [-0.1, -0.05) is 67.6 Å². The van der Waals surface area contributed by atoms with Crippen LogP contribution < -0.4 is 4.72 Å². The summed E-state index contributed by atoms with van der Waals surface area (Å²) >= 11 is 0. The average Bonchev–Trinajstić information content (AvgIpc) is 2.83. The Morgan fingerprint density at radius 3 is 2.21 bits per heavy atom. The second kappa shape index (κ2) is 6.61. The van der Waals surface area contributed by atoms with Crippen LogP contribution in [0.4, 0.5) is 0 Å². The minimum atomic E-state index is -3.55. The molecule has 0 spiro atoms. The van der Waals surface area contributed by atoms with Crippen molar-refractivity contribution in [2.45, 2.75) is 19.8 Å². The van der Waals surface area contributed by atoms with Crippen molar-refractivity contribution in [1.29, 1.82) is 0 Å². The quantitative estimate of drug-likeness (QED) is 0.925. The van der Waals surface area contributed by atoms with E-state index in [-0.39, 0.29) is 5.92 Å². The minimum Gasteiger partial charge on any atom is -0.267 e. The normalized spacial score (nSPS) is 19.3. The Morgan fingerprint density at radius 1 is 1.00 bits per heavy atom. The molecule has 5 heteroatoms. The molecule has 1 aliphatic heterocycles. The highest BCUT2D eigenvalue weighted by Crippen LogP contribution is 2.29. The number of benzene rings is 2. The summed E-state index contributed by atoms with van der Waals surface area (Å²) in [5.74, 6) is 0.661. The number of hydrogen-bond acceptors (Lipinski definition) is 3. The lowest BCUT2D eigenvalue weighted by Crippen LogP contribution is -2.24. The molecule has 0 amide bonds.